The molecular formula is C57H88N12O10. The summed E-state index contributed by atoms with van der Waals surface area (Å²) >= 11 is 0. The first-order chi connectivity index (χ1) is 37.4. The normalized spacial score (nSPS) is 26.5. The lowest BCUT2D eigenvalue weighted by molar-refractivity contribution is -0.145. The highest BCUT2D eigenvalue weighted by molar-refractivity contribution is 5.99. The molecule has 2 aromatic carbocycles. The Morgan fingerprint density at radius 2 is 0.873 bits per heavy atom. The second-order valence-electron chi connectivity index (χ2n) is 22.1. The van der Waals surface area contributed by atoms with Crippen LogP contribution in [0.4, 0.5) is 0 Å². The summed E-state index contributed by atoms with van der Waals surface area (Å²) in [5.74, 6) is -7.89. The van der Waals surface area contributed by atoms with Crippen LogP contribution in [0.3, 0.4) is 0 Å². The van der Waals surface area contributed by atoms with Crippen LogP contribution in [0.5, 0.6) is 0 Å². The van der Waals surface area contributed by atoms with Gasteiger partial charge in [0.1, 0.15) is 60.4 Å². The molecule has 22 heteroatoms. The Morgan fingerprint density at radius 1 is 0.481 bits per heavy atom. The number of nitrogens with one attached hydrogen (secondary N) is 7. The van der Waals surface area contributed by atoms with Crippen molar-refractivity contribution in [2.45, 2.75) is 174 Å². The number of nitrogens with zero attached hydrogens (tertiary/aromatic N) is 3. The van der Waals surface area contributed by atoms with E-state index < -0.39 is 131 Å². The van der Waals surface area contributed by atoms with E-state index in [-0.39, 0.29) is 64.1 Å². The average molecular weight is 1100 g/mol. The van der Waals surface area contributed by atoms with E-state index in [1.54, 1.807) is 82.3 Å². The van der Waals surface area contributed by atoms with Gasteiger partial charge in [-0.05, 0) is 101 Å². The summed E-state index contributed by atoms with van der Waals surface area (Å²) in [4.78, 5) is 148. The third kappa shape index (κ3) is 18.6. The number of likely N-dealkylation sites (N-methyl/N-ethyl adjacent to an activating group) is 2. The zero-order valence-electron chi connectivity index (χ0n) is 47.8. The Kier molecular flexibility index (Phi) is 25.3. The molecule has 2 heterocycles. The lowest BCUT2D eigenvalue weighted by Crippen LogP contribution is -2.62. The summed E-state index contributed by atoms with van der Waals surface area (Å²) in [7, 11) is 2.78. The fourth-order valence-corrected chi connectivity index (χ4v) is 9.65. The topological polar surface area (TPSA) is 317 Å². The van der Waals surface area contributed by atoms with E-state index in [4.69, 9.17) is 11.5 Å². The minimum Gasteiger partial charge on any atom is -0.343 e. The highest BCUT2D eigenvalue weighted by Gasteiger charge is 2.42. The van der Waals surface area contributed by atoms with Gasteiger partial charge in [0.2, 0.25) is 59.1 Å². The maximum atomic E-state index is 14.8. The van der Waals surface area contributed by atoms with Crippen molar-refractivity contribution in [3.63, 3.8) is 0 Å². The number of hydrogen-bond acceptors (Lipinski definition) is 12. The number of carbonyl (C=O) groups excluding carboxylic acids is 10. The van der Waals surface area contributed by atoms with E-state index in [1.807, 2.05) is 19.9 Å². The quantitative estimate of drug-likeness (QED) is 0.124. The van der Waals surface area contributed by atoms with Crippen LogP contribution in [0.15, 0.2) is 60.7 Å². The van der Waals surface area contributed by atoms with Crippen molar-refractivity contribution in [1.29, 1.82) is 0 Å². The van der Waals surface area contributed by atoms with Crippen LogP contribution in [-0.4, -0.2) is 168 Å². The van der Waals surface area contributed by atoms with Crippen LogP contribution in [0.1, 0.15) is 111 Å². The third-order valence-corrected chi connectivity index (χ3v) is 14.7. The molecule has 0 spiro atoms. The maximum absolute atomic E-state index is 14.8. The molecule has 2 aromatic rings. The Balaban J connectivity index is 1.82. The van der Waals surface area contributed by atoms with E-state index in [9.17, 15) is 47.9 Å². The summed E-state index contributed by atoms with van der Waals surface area (Å²) in [6.07, 6.45) is 1.57. The number of rotatable bonds is 14. The Hall–Kier alpha value is -6.94. The molecule has 79 heavy (non-hydrogen) atoms. The van der Waals surface area contributed by atoms with Gasteiger partial charge in [-0.15, -0.1) is 0 Å². The van der Waals surface area contributed by atoms with Crippen molar-refractivity contribution in [2.75, 3.05) is 33.7 Å². The first kappa shape index (κ1) is 64.6. The van der Waals surface area contributed by atoms with Gasteiger partial charge in [0.05, 0.1) is 0 Å². The molecule has 10 atom stereocenters. The summed E-state index contributed by atoms with van der Waals surface area (Å²) in [6, 6.07) is 5.90. The molecule has 0 unspecified atom stereocenters. The molecule has 0 aromatic heterocycles. The molecule has 2 aliphatic heterocycles. The van der Waals surface area contributed by atoms with Gasteiger partial charge in [0.25, 0.3) is 0 Å². The van der Waals surface area contributed by atoms with Crippen molar-refractivity contribution in [2.24, 2.45) is 29.2 Å². The Morgan fingerprint density at radius 3 is 1.35 bits per heavy atom. The van der Waals surface area contributed by atoms with Crippen LogP contribution < -0.4 is 48.7 Å². The van der Waals surface area contributed by atoms with Crippen LogP contribution in [0, 0.1) is 17.8 Å². The molecule has 2 saturated heterocycles. The van der Waals surface area contributed by atoms with Gasteiger partial charge < -0.3 is 63.4 Å². The predicted molar refractivity (Wildman–Crippen MR) is 299 cm³/mol. The standard InChI is InChI=1S/C57H88N12O10/c1-33(2)30-42-51(73)64-44(32-39-22-15-12-16-23-39)57(79)69-29-19-26-45(69)52(74)66-47(35(5)6)54(76)61-41(25-18-28-59)55(77)67(9)36(7)48(70)63-43(31-38-20-13-11-14-21-38)56(78)68(10)37(8)49(71)65-46(34(3)4)53(75)60-40(24-17-27-58)50(72)62-42/h11-16,20-23,33-37,40-47H,17-19,24-32,58-59H2,1-10H3,(H,60,75)(H,61,76)(H,62,72)(H,63,70)(H,64,73)(H,65,71)(H,66,74)/t36-,37-,40-,41+,42-,43+,44+,45-,46-,47-/m0/s1. The SMILES string of the molecule is CC(C)C[C@@H]1NC(=O)[C@H](CCCN)NC(=O)[C@H](C(C)C)NC(=O)[C@H](C)N(C)C(=O)[C@@H](Cc2ccccc2)NC(=O)[C@H](C)N(C)C(=O)[C@@H](CCCN)NC(=O)[C@H](C(C)C)NC(=O)[C@@H]2CCCN2C(=O)[C@@H](Cc2ccccc2)NC1=O. The van der Waals surface area contributed by atoms with Crippen LogP contribution in [0.2, 0.25) is 0 Å². The van der Waals surface area contributed by atoms with E-state index >= 15 is 0 Å². The highest BCUT2D eigenvalue weighted by Crippen LogP contribution is 2.22. The third-order valence-electron chi connectivity index (χ3n) is 14.7. The smallest absolute Gasteiger partial charge is 0.246 e. The number of fused-ring (bicyclic) bond motifs is 1. The Bertz CT molecular complexity index is 2410. The first-order valence-electron chi connectivity index (χ1n) is 27.8. The van der Waals surface area contributed by atoms with Crippen LogP contribution in [0.25, 0.3) is 0 Å². The minimum atomic E-state index is -1.25. The summed E-state index contributed by atoms with van der Waals surface area (Å²) < 4.78 is 0. The lowest BCUT2D eigenvalue weighted by atomic mass is 9.99. The molecule has 0 radical (unpaired) electrons. The molecule has 2 aliphatic rings. The highest BCUT2D eigenvalue weighted by atomic mass is 16.2. The minimum absolute atomic E-state index is 0.00399. The van der Waals surface area contributed by atoms with Gasteiger partial charge in [0.15, 0.2) is 0 Å². The lowest BCUT2D eigenvalue weighted by Gasteiger charge is -2.33. The second-order valence-corrected chi connectivity index (χ2v) is 22.1. The van der Waals surface area contributed by atoms with Gasteiger partial charge in [-0.25, -0.2) is 0 Å². The van der Waals surface area contributed by atoms with Crippen molar-refractivity contribution < 1.29 is 47.9 Å². The van der Waals surface area contributed by atoms with E-state index in [0.29, 0.717) is 30.4 Å². The summed E-state index contributed by atoms with van der Waals surface area (Å²) in [5.41, 5.74) is 13.2. The van der Waals surface area contributed by atoms with Crippen molar-refractivity contribution >= 4 is 59.1 Å². The second kappa shape index (κ2) is 31.0. The predicted octanol–water partition coefficient (Wildman–Crippen LogP) is 0.400. The van der Waals surface area contributed by atoms with Gasteiger partial charge in [-0.2, -0.15) is 0 Å². The van der Waals surface area contributed by atoms with Crippen molar-refractivity contribution in [3.8, 4) is 0 Å². The van der Waals surface area contributed by atoms with Crippen molar-refractivity contribution in [1.82, 2.24) is 51.9 Å². The number of nitrogens with two attached hydrogens (primary N) is 2. The number of amides is 10. The van der Waals surface area contributed by atoms with E-state index in [2.05, 4.69) is 37.2 Å². The molecule has 11 N–H and O–H groups in total. The maximum Gasteiger partial charge on any atom is 0.246 e. The first-order valence-corrected chi connectivity index (χ1v) is 27.8. The zero-order valence-corrected chi connectivity index (χ0v) is 47.8. The molecule has 436 valence electrons. The molecule has 10 amide bonds. The van der Waals surface area contributed by atoms with Crippen LogP contribution >= 0.6 is 0 Å². The molecule has 2 fully saturated rings. The molecule has 22 nitrogen and oxygen atoms in total. The number of hydrogen-bond donors (Lipinski definition) is 9. The fraction of sp³-hybridized carbons (Fsp3) is 0.614. The van der Waals surface area contributed by atoms with Gasteiger partial charge in [-0.1, -0.05) is 102 Å². The van der Waals surface area contributed by atoms with Crippen LogP contribution in [-0.2, 0) is 60.8 Å². The number of carbonyl (C=O) groups is 10. The summed E-state index contributed by atoms with van der Waals surface area (Å²) in [5, 5.41) is 19.7. The molecule has 0 aliphatic carbocycles. The fourth-order valence-electron chi connectivity index (χ4n) is 9.65. The Labute approximate surface area is 465 Å². The summed E-state index contributed by atoms with van der Waals surface area (Å²) in [6.45, 7) is 14.0. The average Bonchev–Trinajstić information content (AvgIpc) is 3.94. The zero-order chi connectivity index (χ0) is 58.7. The molecule has 4 rings (SSSR count). The van der Waals surface area contributed by atoms with Crippen molar-refractivity contribution in [3.05, 3.63) is 71.8 Å². The van der Waals surface area contributed by atoms with E-state index in [0.717, 1.165) is 9.80 Å². The number of benzene rings is 2. The molecule has 0 saturated carbocycles. The van der Waals surface area contributed by atoms with Gasteiger partial charge >= 0.3 is 0 Å². The molecule has 0 bridgehead atoms. The van der Waals surface area contributed by atoms with Gasteiger partial charge in [0, 0.05) is 33.5 Å². The monoisotopic (exact) mass is 1100 g/mol. The van der Waals surface area contributed by atoms with Gasteiger partial charge in [-0.3, -0.25) is 47.9 Å². The van der Waals surface area contributed by atoms with E-state index in [1.165, 1.54) is 32.8 Å². The molecular weight excluding hydrogens is 1010 g/mol. The largest absolute Gasteiger partial charge is 0.343 e.